The van der Waals surface area contributed by atoms with Crippen molar-refractivity contribution in [3.05, 3.63) is 17.5 Å². The Labute approximate surface area is 109 Å². The minimum absolute atomic E-state index is 0.518. The van der Waals surface area contributed by atoms with E-state index in [1.165, 1.54) is 11.3 Å². The summed E-state index contributed by atoms with van der Waals surface area (Å²) in [6.45, 7) is 3.64. The zero-order chi connectivity index (χ0) is 12.5. The van der Waals surface area contributed by atoms with Gasteiger partial charge in [-0.25, -0.2) is 0 Å². The number of rotatable bonds is 3. The van der Waals surface area contributed by atoms with Crippen LogP contribution in [0.25, 0.3) is 10.8 Å². The van der Waals surface area contributed by atoms with Gasteiger partial charge in [0.15, 0.2) is 5.82 Å². The highest BCUT2D eigenvalue weighted by molar-refractivity contribution is 7.19. The molecule has 1 aliphatic rings. The van der Waals surface area contributed by atoms with E-state index in [-0.39, 0.29) is 0 Å². The minimum atomic E-state index is 0.518. The Morgan fingerprint density at radius 2 is 2.44 bits per heavy atom. The second kappa shape index (κ2) is 4.70. The Kier molecular flexibility index (Phi) is 3.05. The Hall–Kier alpha value is -1.40. The number of aromatic nitrogens is 2. The SMILES string of the molecule is Cc1cc(N)sc1-c1nc(CC2CCOC2)no1. The molecule has 0 aliphatic carbocycles. The van der Waals surface area contributed by atoms with E-state index in [2.05, 4.69) is 10.1 Å². The number of hydrogen-bond acceptors (Lipinski definition) is 6. The fourth-order valence-electron chi connectivity index (χ4n) is 2.15. The number of nitrogens with zero attached hydrogens (tertiary/aromatic N) is 2. The molecule has 5 nitrogen and oxygen atoms in total. The maximum atomic E-state index is 5.77. The number of thiophene rings is 1. The van der Waals surface area contributed by atoms with Crippen molar-refractivity contribution in [1.29, 1.82) is 0 Å². The molecule has 2 N–H and O–H groups in total. The lowest BCUT2D eigenvalue weighted by molar-refractivity contribution is 0.185. The van der Waals surface area contributed by atoms with Crippen LogP contribution in [-0.2, 0) is 11.2 Å². The van der Waals surface area contributed by atoms with Gasteiger partial charge in [0.05, 0.1) is 9.88 Å². The fraction of sp³-hybridized carbons (Fsp3) is 0.500. The third kappa shape index (κ3) is 2.26. The van der Waals surface area contributed by atoms with Gasteiger partial charge in [-0.1, -0.05) is 5.16 Å². The minimum Gasteiger partial charge on any atom is -0.391 e. The quantitative estimate of drug-likeness (QED) is 0.921. The smallest absolute Gasteiger partial charge is 0.268 e. The van der Waals surface area contributed by atoms with Crippen molar-refractivity contribution >= 4 is 16.3 Å². The molecule has 0 radical (unpaired) electrons. The molecule has 0 spiro atoms. The molecule has 1 saturated heterocycles. The van der Waals surface area contributed by atoms with E-state index in [1.54, 1.807) is 0 Å². The van der Waals surface area contributed by atoms with E-state index < -0.39 is 0 Å². The first-order valence-electron chi connectivity index (χ1n) is 5.99. The number of nitrogen functional groups attached to an aromatic ring is 1. The summed E-state index contributed by atoms with van der Waals surface area (Å²) in [7, 11) is 0. The van der Waals surface area contributed by atoms with E-state index in [4.69, 9.17) is 15.0 Å². The molecular formula is C12H15N3O2S. The fourth-order valence-corrected chi connectivity index (χ4v) is 3.01. The van der Waals surface area contributed by atoms with Crippen LogP contribution in [0.15, 0.2) is 10.6 Å². The summed E-state index contributed by atoms with van der Waals surface area (Å²) < 4.78 is 10.7. The molecule has 1 unspecified atom stereocenters. The van der Waals surface area contributed by atoms with Gasteiger partial charge in [0.2, 0.25) is 0 Å². The number of hydrogen-bond donors (Lipinski definition) is 1. The molecule has 3 heterocycles. The maximum absolute atomic E-state index is 5.77. The average molecular weight is 265 g/mol. The Morgan fingerprint density at radius 3 is 3.11 bits per heavy atom. The van der Waals surface area contributed by atoms with Crippen molar-refractivity contribution in [3.8, 4) is 10.8 Å². The first kappa shape index (κ1) is 11.7. The number of aryl methyl sites for hydroxylation is 1. The number of ether oxygens (including phenoxy) is 1. The van der Waals surface area contributed by atoms with Crippen LogP contribution in [-0.4, -0.2) is 23.4 Å². The van der Waals surface area contributed by atoms with Gasteiger partial charge in [-0.3, -0.25) is 0 Å². The summed E-state index contributed by atoms with van der Waals surface area (Å²) in [5, 5.41) is 4.80. The molecule has 1 aliphatic heterocycles. The Bertz CT molecular complexity index is 543. The van der Waals surface area contributed by atoms with Gasteiger partial charge in [0.25, 0.3) is 5.89 Å². The summed E-state index contributed by atoms with van der Waals surface area (Å²) in [5.41, 5.74) is 6.85. The molecule has 2 aromatic heterocycles. The highest BCUT2D eigenvalue weighted by Gasteiger charge is 2.20. The first-order valence-corrected chi connectivity index (χ1v) is 6.80. The van der Waals surface area contributed by atoms with E-state index in [0.29, 0.717) is 11.8 Å². The molecule has 1 atom stereocenters. The molecule has 96 valence electrons. The van der Waals surface area contributed by atoms with Crippen molar-refractivity contribution in [2.45, 2.75) is 19.8 Å². The number of anilines is 1. The van der Waals surface area contributed by atoms with Crippen molar-refractivity contribution < 1.29 is 9.26 Å². The zero-order valence-electron chi connectivity index (χ0n) is 10.2. The molecule has 0 amide bonds. The van der Waals surface area contributed by atoms with Crippen LogP contribution in [0.5, 0.6) is 0 Å². The molecule has 6 heteroatoms. The molecule has 2 aromatic rings. The van der Waals surface area contributed by atoms with Gasteiger partial charge in [-0.05, 0) is 30.9 Å². The highest BCUT2D eigenvalue weighted by atomic mass is 32.1. The molecule has 1 fully saturated rings. The average Bonchev–Trinajstić information content (AvgIpc) is 3.01. The molecule has 0 saturated carbocycles. The lowest BCUT2D eigenvalue weighted by Gasteiger charge is -2.00. The van der Waals surface area contributed by atoms with Crippen LogP contribution in [0, 0.1) is 12.8 Å². The summed E-state index contributed by atoms with van der Waals surface area (Å²) in [5.74, 6) is 1.85. The normalized spacial score (nSPS) is 19.5. The second-order valence-electron chi connectivity index (χ2n) is 4.61. The second-order valence-corrected chi connectivity index (χ2v) is 5.69. The van der Waals surface area contributed by atoms with Gasteiger partial charge in [-0.15, -0.1) is 11.3 Å². The predicted molar refractivity (Wildman–Crippen MR) is 69.4 cm³/mol. The van der Waals surface area contributed by atoms with Gasteiger partial charge >= 0.3 is 0 Å². The van der Waals surface area contributed by atoms with Crippen LogP contribution < -0.4 is 5.73 Å². The topological polar surface area (TPSA) is 74.2 Å². The molecule has 0 bridgehead atoms. The van der Waals surface area contributed by atoms with Gasteiger partial charge in [-0.2, -0.15) is 4.98 Å². The molecule has 3 rings (SSSR count). The van der Waals surface area contributed by atoms with Crippen LogP contribution in [0.3, 0.4) is 0 Å². The summed E-state index contributed by atoms with van der Waals surface area (Å²) >= 11 is 1.48. The van der Waals surface area contributed by atoms with Gasteiger partial charge in [0.1, 0.15) is 0 Å². The molecule has 0 aromatic carbocycles. The van der Waals surface area contributed by atoms with Crippen molar-refractivity contribution in [2.75, 3.05) is 18.9 Å². The van der Waals surface area contributed by atoms with E-state index >= 15 is 0 Å². The standard InChI is InChI=1S/C12H15N3O2S/c1-7-4-9(13)18-11(7)12-14-10(15-17-12)5-8-2-3-16-6-8/h4,8H,2-3,5-6,13H2,1H3. The van der Waals surface area contributed by atoms with Gasteiger partial charge < -0.3 is 15.0 Å². The van der Waals surface area contributed by atoms with Crippen molar-refractivity contribution in [1.82, 2.24) is 10.1 Å². The monoisotopic (exact) mass is 265 g/mol. The van der Waals surface area contributed by atoms with E-state index in [1.807, 2.05) is 13.0 Å². The maximum Gasteiger partial charge on any atom is 0.268 e. The third-order valence-electron chi connectivity index (χ3n) is 3.09. The summed E-state index contributed by atoms with van der Waals surface area (Å²) in [6, 6.07) is 1.93. The Morgan fingerprint density at radius 1 is 1.56 bits per heavy atom. The van der Waals surface area contributed by atoms with Crippen LogP contribution in [0.1, 0.15) is 17.8 Å². The predicted octanol–water partition coefficient (Wildman–Crippen LogP) is 2.27. The third-order valence-corrected chi connectivity index (χ3v) is 4.15. The number of nitrogens with two attached hydrogens (primary N) is 1. The largest absolute Gasteiger partial charge is 0.391 e. The molecule has 18 heavy (non-hydrogen) atoms. The van der Waals surface area contributed by atoms with Crippen LogP contribution in [0.2, 0.25) is 0 Å². The molecular weight excluding hydrogens is 250 g/mol. The van der Waals surface area contributed by atoms with E-state index in [9.17, 15) is 0 Å². The van der Waals surface area contributed by atoms with Crippen molar-refractivity contribution in [2.24, 2.45) is 5.92 Å². The first-order chi connectivity index (χ1) is 8.72. The van der Waals surface area contributed by atoms with Crippen LogP contribution >= 0.6 is 11.3 Å². The van der Waals surface area contributed by atoms with Gasteiger partial charge in [0, 0.05) is 19.6 Å². The lowest BCUT2D eigenvalue weighted by atomic mass is 10.1. The van der Waals surface area contributed by atoms with Crippen LogP contribution in [0.4, 0.5) is 5.00 Å². The van der Waals surface area contributed by atoms with E-state index in [0.717, 1.165) is 47.3 Å². The summed E-state index contributed by atoms with van der Waals surface area (Å²) in [4.78, 5) is 5.41. The highest BCUT2D eigenvalue weighted by Crippen LogP contribution is 2.32. The zero-order valence-corrected chi connectivity index (χ0v) is 11.0. The Balaban J connectivity index is 1.78. The lowest BCUT2D eigenvalue weighted by Crippen LogP contribution is -2.04. The summed E-state index contributed by atoms with van der Waals surface area (Å²) in [6.07, 6.45) is 1.90. The van der Waals surface area contributed by atoms with Crippen molar-refractivity contribution in [3.63, 3.8) is 0 Å².